The Morgan fingerprint density at radius 3 is 2.76 bits per heavy atom. The van der Waals surface area contributed by atoms with Gasteiger partial charge in [-0.3, -0.25) is 4.98 Å². The second kappa shape index (κ2) is 6.68. The van der Waals surface area contributed by atoms with Crippen molar-refractivity contribution in [3.63, 3.8) is 0 Å². The van der Waals surface area contributed by atoms with Crippen LogP contribution in [0.15, 0.2) is 24.4 Å². The minimum Gasteiger partial charge on any atom is -0.308 e. The van der Waals surface area contributed by atoms with E-state index in [1.54, 1.807) is 13.1 Å². The average molecular weight is 257 g/mol. The Morgan fingerprint density at radius 1 is 1.41 bits per heavy atom. The van der Waals surface area contributed by atoms with Gasteiger partial charge in [0.2, 0.25) is 10.0 Å². The van der Waals surface area contributed by atoms with Crippen LogP contribution >= 0.6 is 0 Å². The van der Waals surface area contributed by atoms with Crippen molar-refractivity contribution >= 4 is 10.0 Å². The molecule has 1 unspecified atom stereocenters. The van der Waals surface area contributed by atoms with Crippen molar-refractivity contribution < 1.29 is 8.42 Å². The fourth-order valence-corrected chi connectivity index (χ4v) is 2.41. The number of nitrogens with zero attached hydrogens (tertiary/aromatic N) is 1. The molecule has 0 saturated carbocycles. The van der Waals surface area contributed by atoms with Gasteiger partial charge in [-0.25, -0.2) is 13.1 Å². The van der Waals surface area contributed by atoms with Crippen LogP contribution in [0.2, 0.25) is 0 Å². The van der Waals surface area contributed by atoms with Crippen LogP contribution in [0.25, 0.3) is 0 Å². The molecule has 5 nitrogen and oxygen atoms in total. The number of nitrogens with one attached hydrogen (secondary N) is 2. The molecule has 0 radical (unpaired) electrons. The lowest BCUT2D eigenvalue weighted by molar-refractivity contribution is 0.558. The molecule has 1 atom stereocenters. The van der Waals surface area contributed by atoms with E-state index in [1.807, 2.05) is 25.1 Å². The van der Waals surface area contributed by atoms with Crippen LogP contribution in [0.4, 0.5) is 0 Å². The summed E-state index contributed by atoms with van der Waals surface area (Å²) >= 11 is 0. The average Bonchev–Trinajstić information content (AvgIpc) is 2.29. The van der Waals surface area contributed by atoms with Crippen LogP contribution < -0.4 is 10.0 Å². The summed E-state index contributed by atoms with van der Waals surface area (Å²) in [6, 6.07) is 5.73. The van der Waals surface area contributed by atoms with E-state index < -0.39 is 10.0 Å². The summed E-state index contributed by atoms with van der Waals surface area (Å²) in [5.74, 6) is 0.0814. The van der Waals surface area contributed by atoms with Crippen LogP contribution in [0, 0.1) is 0 Å². The number of hydrogen-bond acceptors (Lipinski definition) is 4. The molecule has 1 aromatic heterocycles. The van der Waals surface area contributed by atoms with E-state index in [-0.39, 0.29) is 11.8 Å². The molecule has 6 heteroatoms. The zero-order valence-electron chi connectivity index (χ0n) is 10.2. The third kappa shape index (κ3) is 5.25. The molecular formula is C11H19N3O2S. The molecule has 0 saturated heterocycles. The Bertz CT molecular complexity index is 420. The molecular weight excluding hydrogens is 238 g/mol. The van der Waals surface area contributed by atoms with E-state index in [1.165, 1.54) is 0 Å². The molecule has 2 N–H and O–H groups in total. The molecule has 1 rings (SSSR count). The largest absolute Gasteiger partial charge is 0.308 e. The Labute approximate surface area is 103 Å². The number of sulfonamides is 1. The first-order chi connectivity index (χ1) is 8.05. The van der Waals surface area contributed by atoms with Gasteiger partial charge in [-0.2, -0.15) is 0 Å². The summed E-state index contributed by atoms with van der Waals surface area (Å²) in [5.41, 5.74) is 0.911. The molecule has 0 aromatic carbocycles. The Balaban J connectivity index is 2.37. The summed E-state index contributed by atoms with van der Waals surface area (Å²) < 4.78 is 25.2. The van der Waals surface area contributed by atoms with Crippen molar-refractivity contribution in [3.8, 4) is 0 Å². The molecule has 0 amide bonds. The Kier molecular flexibility index (Phi) is 5.54. The highest BCUT2D eigenvalue weighted by atomic mass is 32.2. The molecule has 0 fully saturated rings. The van der Waals surface area contributed by atoms with Crippen molar-refractivity contribution in [2.24, 2.45) is 0 Å². The third-order valence-electron chi connectivity index (χ3n) is 2.32. The topological polar surface area (TPSA) is 71.1 Å². The van der Waals surface area contributed by atoms with Gasteiger partial charge in [0, 0.05) is 25.3 Å². The fourth-order valence-electron chi connectivity index (χ4n) is 1.44. The Hall–Kier alpha value is -0.980. The van der Waals surface area contributed by atoms with Crippen molar-refractivity contribution in [1.82, 2.24) is 15.0 Å². The highest BCUT2D eigenvalue weighted by molar-refractivity contribution is 7.89. The van der Waals surface area contributed by atoms with Gasteiger partial charge in [0.05, 0.1) is 11.4 Å². The van der Waals surface area contributed by atoms with E-state index in [2.05, 4.69) is 15.0 Å². The first-order valence-electron chi connectivity index (χ1n) is 5.67. The summed E-state index contributed by atoms with van der Waals surface area (Å²) in [5, 5.41) is 3.13. The first kappa shape index (κ1) is 14.1. The second-order valence-corrected chi connectivity index (χ2v) is 5.67. The quantitative estimate of drug-likeness (QED) is 0.753. The lowest BCUT2D eigenvalue weighted by atomic mass is 10.2. The molecule has 0 aliphatic heterocycles. The lowest BCUT2D eigenvalue weighted by Crippen LogP contribution is -2.32. The molecule has 17 heavy (non-hydrogen) atoms. The summed E-state index contributed by atoms with van der Waals surface area (Å²) in [7, 11) is -3.14. The van der Waals surface area contributed by atoms with Crippen LogP contribution in [0.3, 0.4) is 0 Å². The zero-order valence-corrected chi connectivity index (χ0v) is 11.0. The van der Waals surface area contributed by atoms with Crippen molar-refractivity contribution in [3.05, 3.63) is 30.1 Å². The second-order valence-electron chi connectivity index (χ2n) is 3.75. The number of aromatic nitrogens is 1. The van der Waals surface area contributed by atoms with Crippen LogP contribution in [0.5, 0.6) is 0 Å². The highest BCUT2D eigenvalue weighted by Crippen LogP contribution is 2.06. The molecule has 96 valence electrons. The standard InChI is InChI=1S/C11H19N3O2S/c1-3-14-17(15,16)9-8-12-10(2)11-6-4-5-7-13-11/h4-7,10,12,14H,3,8-9H2,1-2H3. The van der Waals surface area contributed by atoms with E-state index in [0.717, 1.165) is 5.69 Å². The van der Waals surface area contributed by atoms with Gasteiger partial charge in [-0.05, 0) is 19.1 Å². The number of pyridine rings is 1. The van der Waals surface area contributed by atoms with Gasteiger partial charge >= 0.3 is 0 Å². The van der Waals surface area contributed by atoms with Gasteiger partial charge in [-0.1, -0.05) is 13.0 Å². The van der Waals surface area contributed by atoms with Crippen molar-refractivity contribution in [2.75, 3.05) is 18.8 Å². The van der Waals surface area contributed by atoms with Crippen LogP contribution in [0.1, 0.15) is 25.6 Å². The van der Waals surface area contributed by atoms with Crippen molar-refractivity contribution in [2.45, 2.75) is 19.9 Å². The Morgan fingerprint density at radius 2 is 2.18 bits per heavy atom. The number of hydrogen-bond donors (Lipinski definition) is 2. The molecule has 0 spiro atoms. The summed E-state index contributed by atoms with van der Waals surface area (Å²) in [6.07, 6.45) is 1.73. The molecule has 1 aromatic rings. The predicted molar refractivity (Wildman–Crippen MR) is 68.1 cm³/mol. The minimum atomic E-state index is -3.14. The van der Waals surface area contributed by atoms with E-state index in [4.69, 9.17) is 0 Å². The monoisotopic (exact) mass is 257 g/mol. The smallest absolute Gasteiger partial charge is 0.212 e. The van der Waals surface area contributed by atoms with Gasteiger partial charge < -0.3 is 5.32 Å². The maximum Gasteiger partial charge on any atom is 0.212 e. The van der Waals surface area contributed by atoms with Crippen LogP contribution in [-0.2, 0) is 10.0 Å². The van der Waals surface area contributed by atoms with Crippen LogP contribution in [-0.4, -0.2) is 32.2 Å². The lowest BCUT2D eigenvalue weighted by Gasteiger charge is -2.13. The van der Waals surface area contributed by atoms with Gasteiger partial charge in [0.15, 0.2) is 0 Å². The van der Waals surface area contributed by atoms with Gasteiger partial charge in [-0.15, -0.1) is 0 Å². The summed E-state index contributed by atoms with van der Waals surface area (Å²) in [6.45, 7) is 4.56. The zero-order chi connectivity index (χ0) is 12.7. The van der Waals surface area contributed by atoms with Crippen molar-refractivity contribution in [1.29, 1.82) is 0 Å². The maximum absolute atomic E-state index is 11.4. The fraction of sp³-hybridized carbons (Fsp3) is 0.545. The first-order valence-corrected chi connectivity index (χ1v) is 7.32. The normalized spacial score (nSPS) is 13.5. The number of rotatable bonds is 7. The van der Waals surface area contributed by atoms with E-state index in [9.17, 15) is 8.42 Å². The third-order valence-corrected chi connectivity index (χ3v) is 3.79. The molecule has 1 heterocycles. The van der Waals surface area contributed by atoms with Gasteiger partial charge in [0.25, 0.3) is 0 Å². The van der Waals surface area contributed by atoms with E-state index in [0.29, 0.717) is 13.1 Å². The molecule has 0 aliphatic carbocycles. The SMILES string of the molecule is CCNS(=O)(=O)CCNC(C)c1ccccn1. The summed E-state index contributed by atoms with van der Waals surface area (Å²) in [4.78, 5) is 4.20. The van der Waals surface area contributed by atoms with E-state index >= 15 is 0 Å². The molecule has 0 aliphatic rings. The molecule has 0 bridgehead atoms. The predicted octanol–water partition coefficient (Wildman–Crippen LogP) is 0.671. The highest BCUT2D eigenvalue weighted by Gasteiger charge is 2.10. The van der Waals surface area contributed by atoms with Gasteiger partial charge in [0.1, 0.15) is 0 Å². The minimum absolute atomic E-state index is 0.0491. The maximum atomic E-state index is 11.4.